The number of hydrogen-bond acceptors (Lipinski definition) is 6. The molecule has 2 aromatic carbocycles. The van der Waals surface area contributed by atoms with E-state index in [0.29, 0.717) is 21.2 Å². The first-order valence-corrected chi connectivity index (χ1v) is 8.83. The second-order valence-electron chi connectivity index (χ2n) is 5.12. The lowest BCUT2D eigenvalue weighted by atomic mass is 10.2. The highest BCUT2D eigenvalue weighted by molar-refractivity contribution is 7.22. The second kappa shape index (κ2) is 7.49. The number of aromatic nitrogens is 1. The molecule has 0 atom stereocenters. The fraction of sp³-hybridized carbons (Fsp3) is 0.118. The maximum Gasteiger partial charge on any atom is 0.337 e. The van der Waals surface area contributed by atoms with Crippen molar-refractivity contribution >= 4 is 61.8 Å². The van der Waals surface area contributed by atoms with Crippen molar-refractivity contribution in [1.29, 1.82) is 0 Å². The average molecular weight is 411 g/mol. The van der Waals surface area contributed by atoms with Gasteiger partial charge in [-0.1, -0.05) is 34.5 Å². The van der Waals surface area contributed by atoms with Crippen molar-refractivity contribution in [3.8, 4) is 5.75 Å². The Labute approximate surface area is 162 Å². The molecule has 3 rings (SSSR count). The number of carbonyl (C=O) groups is 2. The normalized spacial score (nSPS) is 10.6. The number of esters is 1. The number of rotatable bonds is 4. The van der Waals surface area contributed by atoms with Crippen LogP contribution in [0.5, 0.6) is 5.75 Å². The van der Waals surface area contributed by atoms with Crippen LogP contribution in [0, 0.1) is 0 Å². The van der Waals surface area contributed by atoms with Crippen molar-refractivity contribution in [2.45, 2.75) is 0 Å². The standard InChI is InChI=1S/C17H12Cl2N2O4S/c1-24-14-10(6-9(18)7-11(14)19)15(22)21-17-20-12-4-3-8(16(23)25-2)5-13(12)26-17/h3-7H,1-2H3,(H,20,21,22). The third-order valence-corrected chi connectivity index (χ3v) is 4.92. The molecule has 0 aliphatic heterocycles. The van der Waals surface area contributed by atoms with Crippen molar-refractivity contribution in [2.75, 3.05) is 19.5 Å². The van der Waals surface area contributed by atoms with Crippen molar-refractivity contribution in [2.24, 2.45) is 0 Å². The molecule has 9 heteroatoms. The molecular formula is C17H12Cl2N2O4S. The summed E-state index contributed by atoms with van der Waals surface area (Å²) >= 11 is 13.3. The first kappa shape index (κ1) is 18.4. The molecule has 6 nitrogen and oxygen atoms in total. The maximum absolute atomic E-state index is 12.6. The predicted molar refractivity (Wildman–Crippen MR) is 102 cm³/mol. The van der Waals surface area contributed by atoms with Gasteiger partial charge in [0.2, 0.25) is 0 Å². The van der Waals surface area contributed by atoms with Gasteiger partial charge in [-0.3, -0.25) is 10.1 Å². The number of amides is 1. The van der Waals surface area contributed by atoms with Crippen molar-refractivity contribution in [1.82, 2.24) is 4.98 Å². The second-order valence-corrected chi connectivity index (χ2v) is 6.99. The summed E-state index contributed by atoms with van der Waals surface area (Å²) in [5.41, 5.74) is 1.25. The Balaban J connectivity index is 1.92. The highest BCUT2D eigenvalue weighted by Crippen LogP contribution is 2.33. The minimum Gasteiger partial charge on any atom is -0.494 e. The molecule has 0 radical (unpaired) electrons. The van der Waals surface area contributed by atoms with Crippen LogP contribution >= 0.6 is 34.5 Å². The molecule has 0 fully saturated rings. The van der Waals surface area contributed by atoms with Crippen LogP contribution in [-0.2, 0) is 4.74 Å². The van der Waals surface area contributed by atoms with E-state index in [1.54, 1.807) is 18.2 Å². The molecule has 0 saturated carbocycles. The van der Waals surface area contributed by atoms with Gasteiger partial charge < -0.3 is 9.47 Å². The van der Waals surface area contributed by atoms with Gasteiger partial charge in [0.25, 0.3) is 5.91 Å². The van der Waals surface area contributed by atoms with E-state index >= 15 is 0 Å². The molecule has 1 heterocycles. The molecule has 0 bridgehead atoms. The number of fused-ring (bicyclic) bond motifs is 1. The van der Waals surface area contributed by atoms with E-state index in [1.165, 1.54) is 37.7 Å². The summed E-state index contributed by atoms with van der Waals surface area (Å²) in [6.07, 6.45) is 0. The molecule has 0 aliphatic rings. The number of benzene rings is 2. The number of thiazole rings is 1. The van der Waals surface area contributed by atoms with Crippen LogP contribution in [-0.4, -0.2) is 31.1 Å². The number of anilines is 1. The van der Waals surface area contributed by atoms with Gasteiger partial charge >= 0.3 is 5.97 Å². The molecule has 1 aromatic heterocycles. The number of hydrogen-bond donors (Lipinski definition) is 1. The molecule has 0 saturated heterocycles. The molecule has 0 aliphatic carbocycles. The fourth-order valence-electron chi connectivity index (χ4n) is 2.32. The van der Waals surface area contributed by atoms with Gasteiger partial charge in [0.1, 0.15) is 5.75 Å². The van der Waals surface area contributed by atoms with Crippen molar-refractivity contribution < 1.29 is 19.1 Å². The van der Waals surface area contributed by atoms with E-state index in [1.807, 2.05) is 0 Å². The van der Waals surface area contributed by atoms with Crippen LogP contribution in [0.2, 0.25) is 10.0 Å². The number of ether oxygens (including phenoxy) is 2. The largest absolute Gasteiger partial charge is 0.494 e. The van der Waals surface area contributed by atoms with E-state index in [9.17, 15) is 9.59 Å². The molecule has 134 valence electrons. The molecule has 0 spiro atoms. The Morgan fingerprint density at radius 2 is 1.92 bits per heavy atom. The average Bonchev–Trinajstić information content (AvgIpc) is 3.01. The number of halogens is 2. The number of methoxy groups -OCH3 is 2. The SMILES string of the molecule is COC(=O)c1ccc2nc(NC(=O)c3cc(Cl)cc(Cl)c3OC)sc2c1. The fourth-order valence-corrected chi connectivity index (χ4v) is 3.79. The van der Waals surface area contributed by atoms with Crippen LogP contribution in [0.3, 0.4) is 0 Å². The maximum atomic E-state index is 12.6. The van der Waals surface area contributed by atoms with E-state index in [4.69, 9.17) is 32.7 Å². The first-order valence-electron chi connectivity index (χ1n) is 7.26. The van der Waals surface area contributed by atoms with Crippen LogP contribution in [0.1, 0.15) is 20.7 Å². The Bertz CT molecular complexity index is 1020. The predicted octanol–water partition coefficient (Wildman–Crippen LogP) is 4.65. The van der Waals surface area contributed by atoms with Crippen LogP contribution in [0.15, 0.2) is 30.3 Å². The smallest absolute Gasteiger partial charge is 0.337 e. The Kier molecular flexibility index (Phi) is 5.31. The lowest BCUT2D eigenvalue weighted by Gasteiger charge is -2.10. The molecule has 1 amide bonds. The van der Waals surface area contributed by atoms with Gasteiger partial charge in [0, 0.05) is 5.02 Å². The third kappa shape index (κ3) is 3.60. The lowest BCUT2D eigenvalue weighted by molar-refractivity contribution is 0.0601. The monoisotopic (exact) mass is 410 g/mol. The Morgan fingerprint density at radius 1 is 1.15 bits per heavy atom. The molecular weight excluding hydrogens is 399 g/mol. The van der Waals surface area contributed by atoms with Crippen molar-refractivity contribution in [3.05, 3.63) is 51.5 Å². The van der Waals surface area contributed by atoms with Gasteiger partial charge in [-0.25, -0.2) is 9.78 Å². The molecule has 26 heavy (non-hydrogen) atoms. The van der Waals surface area contributed by atoms with Crippen LogP contribution in [0.4, 0.5) is 5.13 Å². The summed E-state index contributed by atoms with van der Waals surface area (Å²) in [6, 6.07) is 7.91. The van der Waals surface area contributed by atoms with Gasteiger partial charge in [-0.15, -0.1) is 0 Å². The number of nitrogens with one attached hydrogen (secondary N) is 1. The zero-order valence-electron chi connectivity index (χ0n) is 13.6. The minimum atomic E-state index is -0.460. The van der Waals surface area contributed by atoms with Gasteiger partial charge in [-0.2, -0.15) is 0 Å². The molecule has 0 unspecified atom stereocenters. The van der Waals surface area contributed by atoms with Gasteiger partial charge in [-0.05, 0) is 30.3 Å². The summed E-state index contributed by atoms with van der Waals surface area (Å²) in [7, 11) is 2.73. The van der Waals surface area contributed by atoms with E-state index in [2.05, 4.69) is 10.3 Å². The summed E-state index contributed by atoms with van der Waals surface area (Å²) in [6.45, 7) is 0. The first-order chi connectivity index (χ1) is 12.4. The number of nitrogens with zero attached hydrogens (tertiary/aromatic N) is 1. The van der Waals surface area contributed by atoms with E-state index in [0.717, 1.165) is 4.70 Å². The summed E-state index contributed by atoms with van der Waals surface area (Å²) in [4.78, 5) is 28.5. The number of carbonyl (C=O) groups excluding carboxylic acids is 2. The van der Waals surface area contributed by atoms with E-state index in [-0.39, 0.29) is 16.3 Å². The minimum absolute atomic E-state index is 0.194. The van der Waals surface area contributed by atoms with Crippen LogP contribution in [0.25, 0.3) is 10.2 Å². The Hall–Kier alpha value is -2.35. The summed E-state index contributed by atoms with van der Waals surface area (Å²) in [5.74, 6) is -0.676. The molecule has 3 aromatic rings. The highest BCUT2D eigenvalue weighted by Gasteiger charge is 2.18. The topological polar surface area (TPSA) is 77.5 Å². The quantitative estimate of drug-likeness (QED) is 0.633. The summed E-state index contributed by atoms with van der Waals surface area (Å²) < 4.78 is 10.6. The van der Waals surface area contributed by atoms with E-state index < -0.39 is 11.9 Å². The lowest BCUT2D eigenvalue weighted by Crippen LogP contribution is -2.13. The van der Waals surface area contributed by atoms with Gasteiger partial charge in [0.05, 0.1) is 40.6 Å². The van der Waals surface area contributed by atoms with Gasteiger partial charge in [0.15, 0.2) is 5.13 Å². The zero-order valence-corrected chi connectivity index (χ0v) is 16.0. The highest BCUT2D eigenvalue weighted by atomic mass is 35.5. The van der Waals surface area contributed by atoms with Crippen LogP contribution < -0.4 is 10.1 Å². The molecule has 1 N–H and O–H groups in total. The third-order valence-electron chi connectivity index (χ3n) is 3.49. The summed E-state index contributed by atoms with van der Waals surface area (Å²) in [5, 5.41) is 3.61. The Morgan fingerprint density at radius 3 is 2.62 bits per heavy atom. The zero-order chi connectivity index (χ0) is 18.8. The van der Waals surface area contributed by atoms with Crippen molar-refractivity contribution in [3.63, 3.8) is 0 Å².